The molecule has 0 unspecified atom stereocenters. The van der Waals surface area contributed by atoms with E-state index in [4.69, 9.17) is 10.2 Å². The van der Waals surface area contributed by atoms with E-state index in [0.717, 1.165) is 33.2 Å². The Bertz CT molecular complexity index is 1590. The summed E-state index contributed by atoms with van der Waals surface area (Å²) in [6, 6.07) is 25.2. The Morgan fingerprint density at radius 3 is 1.71 bits per heavy atom. The lowest BCUT2D eigenvalue weighted by molar-refractivity contribution is -0.147. The second-order valence-corrected chi connectivity index (χ2v) is 11.6. The molecule has 3 N–H and O–H groups in total. The van der Waals surface area contributed by atoms with Crippen LogP contribution in [0.5, 0.6) is 0 Å². The predicted molar refractivity (Wildman–Crippen MR) is 157 cm³/mol. The van der Waals surface area contributed by atoms with Crippen LogP contribution in [0.3, 0.4) is 0 Å². The lowest BCUT2D eigenvalue weighted by atomic mass is 9.60. The summed E-state index contributed by atoms with van der Waals surface area (Å²) < 4.78 is 0. The summed E-state index contributed by atoms with van der Waals surface area (Å²) in [4.78, 5) is 47.2. The van der Waals surface area contributed by atoms with Gasteiger partial charge in [0.2, 0.25) is 0 Å². The maximum atomic E-state index is 12.9. The number of carbonyl (C=O) groups is 4. The first-order chi connectivity index (χ1) is 19.5. The van der Waals surface area contributed by atoms with Crippen LogP contribution in [0.1, 0.15) is 53.0 Å². The highest BCUT2D eigenvalue weighted by Gasteiger charge is 2.53. The van der Waals surface area contributed by atoms with Gasteiger partial charge in [0.15, 0.2) is 0 Å². The minimum absolute atomic E-state index is 0.102. The molecule has 7 heteroatoms. The zero-order valence-corrected chi connectivity index (χ0v) is 22.9. The van der Waals surface area contributed by atoms with Gasteiger partial charge in [-0.15, -0.1) is 0 Å². The minimum Gasteiger partial charge on any atom is -0.478 e. The molecule has 2 aliphatic rings. The van der Waals surface area contributed by atoms with Crippen molar-refractivity contribution in [3.63, 3.8) is 0 Å². The number of carboxylic acids is 2. The number of carboxylic acid groups (broad SMARTS) is 2. The Balaban J connectivity index is 0.000000170. The summed E-state index contributed by atoms with van der Waals surface area (Å²) in [6.45, 7) is 4.45. The number of carbonyl (C=O) groups excluding carboxylic acids is 2. The molecule has 0 radical (unpaired) electrons. The highest BCUT2D eigenvalue weighted by Crippen LogP contribution is 2.46. The van der Waals surface area contributed by atoms with Crippen LogP contribution in [-0.4, -0.2) is 40.3 Å². The zero-order valence-electron chi connectivity index (χ0n) is 22.9. The van der Waals surface area contributed by atoms with Gasteiger partial charge in [-0.1, -0.05) is 68.4 Å². The maximum Gasteiger partial charge on any atom is 0.335 e. The number of ketones is 2. The van der Waals surface area contributed by atoms with Crippen LogP contribution in [0.15, 0.2) is 84.9 Å². The molecule has 1 heterocycles. The van der Waals surface area contributed by atoms with Gasteiger partial charge < -0.3 is 15.5 Å². The fraction of sp³-hybridized carbons (Fsp3) is 0.235. The first-order valence-corrected chi connectivity index (χ1v) is 13.5. The smallest absolute Gasteiger partial charge is 0.335 e. The first-order valence-electron chi connectivity index (χ1n) is 13.5. The van der Waals surface area contributed by atoms with Gasteiger partial charge in [-0.3, -0.25) is 9.59 Å². The molecular weight excluding hydrogens is 518 g/mol. The van der Waals surface area contributed by atoms with Crippen molar-refractivity contribution in [3.05, 3.63) is 102 Å². The molecule has 1 aliphatic heterocycles. The molecule has 1 spiro atoms. The number of hydrogen-bond donors (Lipinski definition) is 3. The van der Waals surface area contributed by atoms with Gasteiger partial charge in [0, 0.05) is 25.1 Å². The SMILES string of the molecule is CC1(C)CC(=O)C2(CNc3ccc4ccccc4c3C2)C(=O)C1.O=C(O)c1ccc(-c2ccc(C(=O)O)cc2)cc1. The molecule has 208 valence electrons. The average molecular weight is 550 g/mol. The quantitative estimate of drug-likeness (QED) is 0.249. The van der Waals surface area contributed by atoms with E-state index >= 15 is 0 Å². The molecular formula is C34H31NO6. The molecule has 1 saturated carbocycles. The fourth-order valence-corrected chi connectivity index (χ4v) is 5.73. The van der Waals surface area contributed by atoms with E-state index in [-0.39, 0.29) is 28.1 Å². The van der Waals surface area contributed by atoms with E-state index in [9.17, 15) is 19.2 Å². The number of aromatic carboxylic acids is 2. The molecule has 0 atom stereocenters. The number of Topliss-reactive ketones (excluding diaryl/α,β-unsaturated/α-hetero) is 2. The maximum absolute atomic E-state index is 12.9. The van der Waals surface area contributed by atoms with E-state index in [1.165, 1.54) is 24.3 Å². The number of anilines is 1. The molecule has 6 rings (SSSR count). The van der Waals surface area contributed by atoms with Crippen LogP contribution in [-0.2, 0) is 16.0 Å². The summed E-state index contributed by atoms with van der Waals surface area (Å²) in [7, 11) is 0. The standard InChI is InChI=1S/C20H21NO2.C14H10O4/c1-19(2)10-17(22)20(18(23)11-19)9-15-14-6-4-3-5-13(14)7-8-16(15)21-12-20;15-13(16)11-5-1-9(2-6-11)10-3-7-12(8-4-10)14(17)18/h3-8,21H,9-12H2,1-2H3;1-8H,(H,15,16)(H,17,18). The Labute approximate surface area is 237 Å². The lowest BCUT2D eigenvalue weighted by Gasteiger charge is -2.43. The normalized spacial score (nSPS) is 16.7. The third-order valence-corrected chi connectivity index (χ3v) is 8.04. The van der Waals surface area contributed by atoms with Crippen LogP contribution in [0.25, 0.3) is 21.9 Å². The molecule has 1 aliphatic carbocycles. The van der Waals surface area contributed by atoms with Gasteiger partial charge in [-0.2, -0.15) is 0 Å². The summed E-state index contributed by atoms with van der Waals surface area (Å²) in [5, 5.41) is 23.2. The molecule has 0 aromatic heterocycles. The largest absolute Gasteiger partial charge is 0.478 e. The van der Waals surface area contributed by atoms with Crippen LogP contribution >= 0.6 is 0 Å². The van der Waals surface area contributed by atoms with Gasteiger partial charge >= 0.3 is 11.9 Å². The number of rotatable bonds is 3. The van der Waals surface area contributed by atoms with Crippen molar-refractivity contribution in [2.45, 2.75) is 33.1 Å². The van der Waals surface area contributed by atoms with Gasteiger partial charge in [-0.25, -0.2) is 9.59 Å². The lowest BCUT2D eigenvalue weighted by Crippen LogP contribution is -2.54. The Kier molecular flexibility index (Phi) is 7.22. The van der Waals surface area contributed by atoms with E-state index in [0.29, 0.717) is 25.8 Å². The topological polar surface area (TPSA) is 121 Å². The van der Waals surface area contributed by atoms with Crippen molar-refractivity contribution in [3.8, 4) is 11.1 Å². The van der Waals surface area contributed by atoms with Crippen molar-refractivity contribution < 1.29 is 29.4 Å². The second-order valence-electron chi connectivity index (χ2n) is 11.6. The highest BCUT2D eigenvalue weighted by molar-refractivity contribution is 6.11. The molecule has 1 fully saturated rings. The number of hydrogen-bond acceptors (Lipinski definition) is 5. The third kappa shape index (κ3) is 5.48. The molecule has 4 aromatic rings. The molecule has 0 amide bonds. The van der Waals surface area contributed by atoms with E-state index in [2.05, 4.69) is 29.6 Å². The van der Waals surface area contributed by atoms with E-state index in [1.807, 2.05) is 26.0 Å². The van der Waals surface area contributed by atoms with Gasteiger partial charge in [0.1, 0.15) is 17.0 Å². The highest BCUT2D eigenvalue weighted by atomic mass is 16.4. The van der Waals surface area contributed by atoms with E-state index < -0.39 is 17.4 Å². The first kappa shape index (κ1) is 27.8. The minimum atomic E-state index is -0.970. The van der Waals surface area contributed by atoms with E-state index in [1.54, 1.807) is 24.3 Å². The van der Waals surface area contributed by atoms with Gasteiger partial charge in [0.25, 0.3) is 0 Å². The zero-order chi connectivity index (χ0) is 29.4. The van der Waals surface area contributed by atoms with Crippen LogP contribution in [0, 0.1) is 10.8 Å². The fourth-order valence-electron chi connectivity index (χ4n) is 5.73. The molecule has 4 aromatic carbocycles. The molecule has 0 saturated heterocycles. The van der Waals surface area contributed by atoms with Crippen molar-refractivity contribution in [2.75, 3.05) is 11.9 Å². The second kappa shape index (κ2) is 10.7. The number of benzene rings is 4. The third-order valence-electron chi connectivity index (χ3n) is 8.04. The monoisotopic (exact) mass is 549 g/mol. The van der Waals surface area contributed by atoms with Gasteiger partial charge in [0.05, 0.1) is 11.1 Å². The van der Waals surface area contributed by atoms with Crippen LogP contribution in [0.2, 0.25) is 0 Å². The predicted octanol–water partition coefficient (Wildman–Crippen LogP) is 6.50. The van der Waals surface area contributed by atoms with Crippen LogP contribution < -0.4 is 5.32 Å². The number of fused-ring (bicyclic) bond motifs is 3. The molecule has 41 heavy (non-hydrogen) atoms. The summed E-state index contributed by atoms with van der Waals surface area (Å²) in [5.41, 5.74) is 3.22. The Morgan fingerprint density at radius 1 is 0.683 bits per heavy atom. The molecule has 0 bridgehead atoms. The molecule has 7 nitrogen and oxygen atoms in total. The summed E-state index contributed by atoms with van der Waals surface area (Å²) in [5.74, 6) is -1.74. The average Bonchev–Trinajstić information content (AvgIpc) is 2.96. The van der Waals surface area contributed by atoms with Crippen molar-refractivity contribution in [1.29, 1.82) is 0 Å². The van der Waals surface area contributed by atoms with Crippen molar-refractivity contribution in [1.82, 2.24) is 0 Å². The summed E-state index contributed by atoms with van der Waals surface area (Å²) >= 11 is 0. The van der Waals surface area contributed by atoms with Gasteiger partial charge in [-0.05, 0) is 69.6 Å². The van der Waals surface area contributed by atoms with Crippen LogP contribution in [0.4, 0.5) is 5.69 Å². The Hall–Kier alpha value is -4.78. The summed E-state index contributed by atoms with van der Waals surface area (Å²) in [6.07, 6.45) is 1.51. The van der Waals surface area contributed by atoms with Crippen molar-refractivity contribution >= 4 is 40.0 Å². The Morgan fingerprint density at radius 2 is 1.20 bits per heavy atom. The van der Waals surface area contributed by atoms with Crippen molar-refractivity contribution in [2.24, 2.45) is 10.8 Å². The number of nitrogens with one attached hydrogen (secondary N) is 1.